The van der Waals surface area contributed by atoms with Crippen molar-refractivity contribution in [2.24, 2.45) is 0 Å². The minimum absolute atomic E-state index is 0. The van der Waals surface area contributed by atoms with Gasteiger partial charge in [-0.05, 0) is 21.7 Å². The molecule has 2 aromatic rings. The van der Waals surface area contributed by atoms with Crippen molar-refractivity contribution in [1.82, 2.24) is 0 Å². The van der Waals surface area contributed by atoms with Crippen molar-refractivity contribution in [3.63, 3.8) is 0 Å². The third kappa shape index (κ3) is 26.4. The van der Waals surface area contributed by atoms with Gasteiger partial charge in [0.15, 0.2) is 0 Å². The van der Waals surface area contributed by atoms with Crippen LogP contribution >= 0.6 is 0 Å². The molecule has 50 heavy (non-hydrogen) atoms. The number of nitrogens with zero attached hydrogens (tertiary/aromatic N) is 2. The molecule has 0 fully saturated rings. The van der Waals surface area contributed by atoms with Crippen LogP contribution in [0.15, 0.2) is 36.4 Å². The van der Waals surface area contributed by atoms with Gasteiger partial charge < -0.3 is 19.5 Å². The number of hydrogen-bond donors (Lipinski definition) is 0. The summed E-state index contributed by atoms with van der Waals surface area (Å²) in [5.41, 5.74) is 3.36. The average Bonchev–Trinajstić information content (AvgIpc) is 2.72. The number of benzene rings is 2. The van der Waals surface area contributed by atoms with Gasteiger partial charge in [-0.3, -0.25) is 0 Å². The second kappa shape index (κ2) is 21.1. The van der Waals surface area contributed by atoms with E-state index in [0.717, 1.165) is 22.3 Å². The first-order valence-corrected chi connectivity index (χ1v) is 31.6. The second-order valence-electron chi connectivity index (χ2n) is 21.3. The quantitative estimate of drug-likeness (QED) is 0.286. The molecule has 0 saturated carbocycles. The molecule has 0 aliphatic rings. The van der Waals surface area contributed by atoms with Crippen LogP contribution in [0.5, 0.6) is 11.5 Å². The molecule has 0 aliphatic heterocycles. The van der Waals surface area contributed by atoms with Crippen LogP contribution in [0.4, 0.5) is 0 Å². The molecular weight excluding hydrogens is 878 g/mol. The fourth-order valence-corrected chi connectivity index (χ4v) is 21.5. The van der Waals surface area contributed by atoms with Gasteiger partial charge in [-0.2, -0.15) is 0 Å². The molecule has 0 spiro atoms. The molecular formula is C40H78Cd2N2O2Si4. The molecule has 0 unspecified atom stereocenters. The fourth-order valence-electron chi connectivity index (χ4n) is 5.45. The molecule has 280 valence electrons. The van der Waals surface area contributed by atoms with E-state index in [2.05, 4.69) is 162 Å². The maximum Gasteiger partial charge on any atom is 2.00 e. The maximum atomic E-state index is 12.3. The van der Waals surface area contributed by atoms with E-state index in [0.29, 0.717) is 0 Å². The molecule has 0 bridgehead atoms. The third-order valence-corrected chi connectivity index (χ3v) is 17.3. The topological polar surface area (TPSA) is 74.3 Å². The summed E-state index contributed by atoms with van der Waals surface area (Å²) in [5, 5.41) is 24.5. The second-order valence-corrected chi connectivity index (χ2v) is 40.4. The zero-order chi connectivity index (χ0) is 39.1. The van der Waals surface area contributed by atoms with Crippen LogP contribution in [0.2, 0.25) is 78.6 Å². The summed E-state index contributed by atoms with van der Waals surface area (Å²) in [4.78, 5) is 0. The Labute approximate surface area is 357 Å². The normalized spacial score (nSPS) is 12.8. The summed E-state index contributed by atoms with van der Waals surface area (Å²) >= 11 is 0. The van der Waals surface area contributed by atoms with Crippen molar-refractivity contribution >= 4 is 32.9 Å². The Morgan fingerprint density at radius 3 is 0.580 bits per heavy atom. The first-order valence-electron chi connectivity index (χ1n) is 17.8. The zero-order valence-electron chi connectivity index (χ0n) is 37.6. The summed E-state index contributed by atoms with van der Waals surface area (Å²) < 4.78 is 9.64. The van der Waals surface area contributed by atoms with Crippen LogP contribution in [0.1, 0.15) is 105 Å². The molecule has 0 N–H and O–H groups in total. The summed E-state index contributed by atoms with van der Waals surface area (Å²) in [6.07, 6.45) is 0. The van der Waals surface area contributed by atoms with Gasteiger partial charge in [0.25, 0.3) is 0 Å². The van der Waals surface area contributed by atoms with Crippen molar-refractivity contribution in [1.29, 1.82) is 0 Å². The van der Waals surface area contributed by atoms with Gasteiger partial charge in [-0.1, -0.05) is 253 Å². The molecule has 2 aromatic carbocycles. The number of rotatable bonds is 4. The molecule has 0 amide bonds. The van der Waals surface area contributed by atoms with E-state index >= 15 is 0 Å². The van der Waals surface area contributed by atoms with Gasteiger partial charge >= 0.3 is 54.6 Å². The number of hydrogen-bond acceptors (Lipinski definition) is 2. The molecule has 0 saturated heterocycles. The van der Waals surface area contributed by atoms with Gasteiger partial charge in [0, 0.05) is 0 Å². The van der Waals surface area contributed by atoms with Crippen LogP contribution in [0.25, 0.3) is 9.30 Å². The van der Waals surface area contributed by atoms with Crippen LogP contribution in [0.3, 0.4) is 0 Å². The Morgan fingerprint density at radius 1 is 0.360 bits per heavy atom. The van der Waals surface area contributed by atoms with Crippen molar-refractivity contribution in [3.05, 3.63) is 67.9 Å². The van der Waals surface area contributed by atoms with E-state index < -0.39 is 32.9 Å². The minimum atomic E-state index is -1.11. The fraction of sp³-hybridized carbons (Fsp3) is 0.700. The van der Waals surface area contributed by atoms with E-state index in [1.807, 2.05) is 36.4 Å². The predicted octanol–water partition coefficient (Wildman–Crippen LogP) is 12.8. The third-order valence-electron chi connectivity index (χ3n) is 6.60. The summed E-state index contributed by atoms with van der Waals surface area (Å²) in [6.45, 7) is 52.5. The van der Waals surface area contributed by atoms with E-state index in [1.165, 1.54) is 0 Å². The summed E-state index contributed by atoms with van der Waals surface area (Å²) in [7, 11) is -4.42. The summed E-state index contributed by atoms with van der Waals surface area (Å²) in [5.74, 6) is 0.412. The van der Waals surface area contributed by atoms with Gasteiger partial charge in [-0.15, -0.1) is 11.5 Å². The molecule has 0 radical (unpaired) electrons. The monoisotopic (exact) mass is 958 g/mol. The van der Waals surface area contributed by atoms with E-state index in [9.17, 15) is 10.2 Å². The average molecular weight is 956 g/mol. The Hall–Kier alpha value is 0.672. The SMILES string of the molecule is CC(C)(C)c1cccc(C(C)(C)C)c1[O-].CC(C)(C)c1cccc(C(C)(C)C)c1[O-].C[Si](C)(C)[N-][Si](C)(C)C.C[Si](C)(C)[N-][Si](C)(C)C.[Cd+2].[Cd+2]. The van der Waals surface area contributed by atoms with E-state index in [4.69, 9.17) is 9.30 Å². The Bertz CT molecular complexity index is 1080. The summed E-state index contributed by atoms with van der Waals surface area (Å²) in [6, 6.07) is 11.7. The van der Waals surface area contributed by atoms with E-state index in [-0.39, 0.29) is 87.8 Å². The Kier molecular flexibility index (Phi) is 24.2. The van der Waals surface area contributed by atoms with Gasteiger partial charge in [-0.25, -0.2) is 0 Å². The molecule has 0 aromatic heterocycles. The standard InChI is InChI=1S/2C14H22O.2C6H18NSi2.2Cd/c2*1-13(2,3)10-8-7-9-11(12(10)15)14(4,5)6;2*1-8(2,3)7-9(4,5)6;;/h2*7-9,15H,1-6H3;2*1-6H3;;/q;;2*-1;2*+2/p-2. The molecule has 2 rings (SSSR count). The smallest absolute Gasteiger partial charge is 0.872 e. The van der Waals surface area contributed by atoms with Crippen LogP contribution in [-0.2, 0) is 76.3 Å². The zero-order valence-corrected chi connectivity index (χ0v) is 49.7. The first kappa shape index (κ1) is 57.4. The van der Waals surface area contributed by atoms with Crippen molar-refractivity contribution in [2.75, 3.05) is 0 Å². The largest absolute Gasteiger partial charge is 2.00 e. The van der Waals surface area contributed by atoms with Crippen molar-refractivity contribution < 1.29 is 64.8 Å². The van der Waals surface area contributed by atoms with Crippen LogP contribution in [0, 0.1) is 0 Å². The molecule has 0 atom stereocenters. The Morgan fingerprint density at radius 2 is 0.500 bits per heavy atom. The maximum absolute atomic E-state index is 12.3. The van der Waals surface area contributed by atoms with Gasteiger partial charge in [0.05, 0.1) is 0 Å². The Balaban J connectivity index is -0.000000287. The molecule has 10 heteroatoms. The molecule has 4 nitrogen and oxygen atoms in total. The van der Waals surface area contributed by atoms with Gasteiger partial charge in [0.2, 0.25) is 0 Å². The molecule has 0 aliphatic carbocycles. The number of para-hydroxylation sites is 2. The molecule has 0 heterocycles. The van der Waals surface area contributed by atoms with Crippen molar-refractivity contribution in [3.8, 4) is 11.5 Å². The predicted molar refractivity (Wildman–Crippen MR) is 227 cm³/mol. The van der Waals surface area contributed by atoms with Crippen LogP contribution < -0.4 is 10.2 Å². The van der Waals surface area contributed by atoms with Gasteiger partial charge in [0.1, 0.15) is 0 Å². The van der Waals surface area contributed by atoms with Crippen LogP contribution in [-0.4, -0.2) is 32.9 Å². The van der Waals surface area contributed by atoms with E-state index in [1.54, 1.807) is 0 Å². The minimum Gasteiger partial charge on any atom is -0.872 e. The van der Waals surface area contributed by atoms with Crippen molar-refractivity contribution in [2.45, 2.75) is 183 Å². The first-order chi connectivity index (χ1) is 20.7.